The minimum absolute atomic E-state index is 0.0541. The van der Waals surface area contributed by atoms with Crippen LogP contribution in [0.15, 0.2) is 66.7 Å². The highest BCUT2D eigenvalue weighted by atomic mass is 16.2. The van der Waals surface area contributed by atoms with Gasteiger partial charge in [0.2, 0.25) is 17.6 Å². The standard InChI is InChI=1S/C22H20N6O2/c1-14(18-8-4-6-15-5-2-3-7-19(15)18)24-20(29)13-28-26-22(25-27-28)17-11-9-16(10-12-17)21(23)30/h2-12,14H,13H2,1H3,(H2,23,30)(H,24,29)/t14-/m1/s1. The molecule has 150 valence electrons. The third-order valence-corrected chi connectivity index (χ3v) is 4.83. The van der Waals surface area contributed by atoms with Crippen molar-refractivity contribution in [2.45, 2.75) is 19.5 Å². The van der Waals surface area contributed by atoms with Gasteiger partial charge in [-0.2, -0.15) is 4.80 Å². The summed E-state index contributed by atoms with van der Waals surface area (Å²) in [7, 11) is 0. The molecule has 0 unspecified atom stereocenters. The van der Waals surface area contributed by atoms with Gasteiger partial charge in [0, 0.05) is 11.1 Å². The van der Waals surface area contributed by atoms with Crippen molar-refractivity contribution < 1.29 is 9.59 Å². The number of nitrogens with zero attached hydrogens (tertiary/aromatic N) is 4. The van der Waals surface area contributed by atoms with Crippen molar-refractivity contribution >= 4 is 22.6 Å². The molecule has 8 nitrogen and oxygen atoms in total. The number of amides is 2. The Morgan fingerprint density at radius 2 is 1.77 bits per heavy atom. The molecule has 30 heavy (non-hydrogen) atoms. The summed E-state index contributed by atoms with van der Waals surface area (Å²) in [6.07, 6.45) is 0. The normalized spacial score (nSPS) is 11.9. The second kappa shape index (κ2) is 8.12. The number of benzene rings is 3. The van der Waals surface area contributed by atoms with Gasteiger partial charge in [0.25, 0.3) is 0 Å². The predicted molar refractivity (Wildman–Crippen MR) is 112 cm³/mol. The average Bonchev–Trinajstić information content (AvgIpc) is 3.21. The van der Waals surface area contributed by atoms with Gasteiger partial charge in [-0.3, -0.25) is 9.59 Å². The smallest absolute Gasteiger partial charge is 0.248 e. The quantitative estimate of drug-likeness (QED) is 0.516. The molecule has 0 spiro atoms. The van der Waals surface area contributed by atoms with Crippen LogP contribution in [0.1, 0.15) is 28.9 Å². The number of carbonyl (C=O) groups excluding carboxylic acids is 2. The van der Waals surface area contributed by atoms with E-state index >= 15 is 0 Å². The van der Waals surface area contributed by atoms with Crippen LogP contribution in [0.25, 0.3) is 22.2 Å². The van der Waals surface area contributed by atoms with Gasteiger partial charge < -0.3 is 11.1 Å². The van der Waals surface area contributed by atoms with Crippen molar-refractivity contribution in [3.63, 3.8) is 0 Å². The minimum Gasteiger partial charge on any atom is -0.366 e. The van der Waals surface area contributed by atoms with Crippen LogP contribution in [-0.2, 0) is 11.3 Å². The van der Waals surface area contributed by atoms with Crippen LogP contribution in [0.3, 0.4) is 0 Å². The lowest BCUT2D eigenvalue weighted by Gasteiger charge is -2.16. The lowest BCUT2D eigenvalue weighted by atomic mass is 10.00. The first-order chi connectivity index (χ1) is 14.5. The zero-order valence-electron chi connectivity index (χ0n) is 16.3. The maximum atomic E-state index is 12.5. The fourth-order valence-electron chi connectivity index (χ4n) is 3.33. The van der Waals surface area contributed by atoms with E-state index in [0.717, 1.165) is 16.3 Å². The molecule has 4 aromatic rings. The van der Waals surface area contributed by atoms with Crippen LogP contribution in [0.5, 0.6) is 0 Å². The van der Waals surface area contributed by atoms with Crippen molar-refractivity contribution in [1.82, 2.24) is 25.5 Å². The van der Waals surface area contributed by atoms with Gasteiger partial charge in [0.05, 0.1) is 6.04 Å². The van der Waals surface area contributed by atoms with Crippen molar-refractivity contribution in [2.24, 2.45) is 5.73 Å². The first-order valence-electron chi connectivity index (χ1n) is 9.46. The van der Waals surface area contributed by atoms with Gasteiger partial charge in [0.15, 0.2) is 0 Å². The van der Waals surface area contributed by atoms with Gasteiger partial charge in [-0.05, 0) is 40.6 Å². The third-order valence-electron chi connectivity index (χ3n) is 4.83. The Morgan fingerprint density at radius 3 is 2.53 bits per heavy atom. The molecule has 0 saturated carbocycles. The fraction of sp³-hybridized carbons (Fsp3) is 0.136. The van der Waals surface area contributed by atoms with Gasteiger partial charge >= 0.3 is 0 Å². The molecule has 0 fully saturated rings. The lowest BCUT2D eigenvalue weighted by molar-refractivity contribution is -0.122. The molecule has 1 heterocycles. The summed E-state index contributed by atoms with van der Waals surface area (Å²) in [4.78, 5) is 24.9. The molecule has 2 amide bonds. The molecule has 0 aliphatic carbocycles. The van der Waals surface area contributed by atoms with E-state index in [2.05, 4.69) is 20.7 Å². The minimum atomic E-state index is -0.504. The van der Waals surface area contributed by atoms with E-state index in [4.69, 9.17) is 5.73 Å². The van der Waals surface area contributed by atoms with E-state index in [1.807, 2.05) is 49.4 Å². The van der Waals surface area contributed by atoms with Crippen LogP contribution in [-0.4, -0.2) is 32.0 Å². The Kier molecular flexibility index (Phi) is 5.21. The molecular formula is C22H20N6O2. The Labute approximate surface area is 172 Å². The highest BCUT2D eigenvalue weighted by Gasteiger charge is 2.14. The van der Waals surface area contributed by atoms with Crippen molar-refractivity contribution in [3.8, 4) is 11.4 Å². The molecule has 0 bridgehead atoms. The third kappa shape index (κ3) is 4.02. The van der Waals surface area contributed by atoms with E-state index in [1.165, 1.54) is 4.80 Å². The molecule has 4 rings (SSSR count). The van der Waals surface area contributed by atoms with Gasteiger partial charge in [-0.25, -0.2) is 0 Å². The topological polar surface area (TPSA) is 116 Å². The number of primary amides is 1. The molecule has 0 aliphatic rings. The Balaban J connectivity index is 1.43. The zero-order chi connectivity index (χ0) is 21.1. The van der Waals surface area contributed by atoms with Gasteiger partial charge in [0.1, 0.15) is 6.54 Å². The molecule has 0 saturated heterocycles. The number of aromatic nitrogens is 4. The molecule has 1 atom stereocenters. The SMILES string of the molecule is C[C@@H](NC(=O)Cn1nnc(-c2ccc(C(N)=O)cc2)n1)c1cccc2ccccc12. The molecule has 0 aliphatic heterocycles. The number of rotatable bonds is 6. The maximum Gasteiger partial charge on any atom is 0.248 e. The second-order valence-electron chi connectivity index (χ2n) is 6.94. The number of tetrazole rings is 1. The monoisotopic (exact) mass is 400 g/mol. The zero-order valence-corrected chi connectivity index (χ0v) is 16.3. The molecular weight excluding hydrogens is 380 g/mol. The van der Waals surface area contributed by atoms with Gasteiger partial charge in [-0.1, -0.05) is 54.6 Å². The van der Waals surface area contributed by atoms with Crippen LogP contribution in [0.4, 0.5) is 0 Å². The number of fused-ring (bicyclic) bond motifs is 1. The summed E-state index contributed by atoms with van der Waals surface area (Å²) < 4.78 is 0. The summed E-state index contributed by atoms with van der Waals surface area (Å²) in [6.45, 7) is 1.89. The second-order valence-corrected chi connectivity index (χ2v) is 6.94. The molecule has 3 N–H and O–H groups in total. The van der Waals surface area contributed by atoms with Crippen molar-refractivity contribution in [2.75, 3.05) is 0 Å². The molecule has 3 aromatic carbocycles. The van der Waals surface area contributed by atoms with E-state index in [0.29, 0.717) is 17.0 Å². The summed E-state index contributed by atoms with van der Waals surface area (Å²) >= 11 is 0. The summed E-state index contributed by atoms with van der Waals surface area (Å²) in [5.41, 5.74) is 7.36. The van der Waals surface area contributed by atoms with E-state index in [9.17, 15) is 9.59 Å². The van der Waals surface area contributed by atoms with Crippen LogP contribution < -0.4 is 11.1 Å². The highest BCUT2D eigenvalue weighted by Crippen LogP contribution is 2.24. The first-order valence-corrected chi connectivity index (χ1v) is 9.46. The number of carbonyl (C=O) groups is 2. The largest absolute Gasteiger partial charge is 0.366 e. The fourth-order valence-corrected chi connectivity index (χ4v) is 3.33. The molecule has 1 aromatic heterocycles. The number of nitrogens with one attached hydrogen (secondary N) is 1. The van der Waals surface area contributed by atoms with Crippen molar-refractivity contribution in [3.05, 3.63) is 77.9 Å². The average molecular weight is 400 g/mol. The summed E-state index contributed by atoms with van der Waals surface area (Å²) in [6, 6.07) is 20.5. The van der Waals surface area contributed by atoms with E-state index < -0.39 is 5.91 Å². The summed E-state index contributed by atoms with van der Waals surface area (Å²) in [5.74, 6) is -0.362. The Hall–Kier alpha value is -4.07. The van der Waals surface area contributed by atoms with Gasteiger partial charge in [-0.15, -0.1) is 10.2 Å². The van der Waals surface area contributed by atoms with Crippen LogP contribution in [0, 0.1) is 0 Å². The molecule has 0 radical (unpaired) electrons. The molecule has 8 heteroatoms. The van der Waals surface area contributed by atoms with Crippen LogP contribution in [0.2, 0.25) is 0 Å². The van der Waals surface area contributed by atoms with Crippen molar-refractivity contribution in [1.29, 1.82) is 0 Å². The predicted octanol–water partition coefficient (Wildman–Crippen LogP) is 2.47. The maximum absolute atomic E-state index is 12.5. The summed E-state index contributed by atoms with van der Waals surface area (Å²) in [5, 5.41) is 17.4. The van der Waals surface area contributed by atoms with E-state index in [-0.39, 0.29) is 18.5 Å². The van der Waals surface area contributed by atoms with Crippen LogP contribution >= 0.6 is 0 Å². The Bertz CT molecular complexity index is 1210. The lowest BCUT2D eigenvalue weighted by Crippen LogP contribution is -2.31. The first kappa shape index (κ1) is 19.3. The van der Waals surface area contributed by atoms with E-state index in [1.54, 1.807) is 24.3 Å². The Morgan fingerprint density at radius 1 is 1.03 bits per heavy atom. The number of hydrogen-bond acceptors (Lipinski definition) is 5. The highest BCUT2D eigenvalue weighted by molar-refractivity contribution is 5.93. The number of nitrogens with two attached hydrogens (primary N) is 1. The number of hydrogen-bond donors (Lipinski definition) is 2.